The second-order valence-electron chi connectivity index (χ2n) is 4.62. The molecule has 0 aliphatic heterocycles. The summed E-state index contributed by atoms with van der Waals surface area (Å²) in [6, 6.07) is 14.7. The zero-order valence-corrected chi connectivity index (χ0v) is 12.1. The molecule has 0 amide bonds. The summed E-state index contributed by atoms with van der Waals surface area (Å²) in [5, 5.41) is 10.0. The third-order valence-corrected chi connectivity index (χ3v) is 3.82. The summed E-state index contributed by atoms with van der Waals surface area (Å²) in [7, 11) is 0. The Kier molecular flexibility index (Phi) is 5.11. The van der Waals surface area contributed by atoms with E-state index >= 15 is 0 Å². The molecule has 1 unspecified atom stereocenters. The minimum absolute atomic E-state index is 0.269. The van der Waals surface area contributed by atoms with Gasteiger partial charge in [0.1, 0.15) is 5.82 Å². The molecule has 0 aromatic heterocycles. The number of hydrogen-bond acceptors (Lipinski definition) is 1. The van der Waals surface area contributed by atoms with Gasteiger partial charge in [0.2, 0.25) is 0 Å². The fourth-order valence-corrected chi connectivity index (χ4v) is 2.53. The molecule has 0 heterocycles. The molecule has 0 spiro atoms. The summed E-state index contributed by atoms with van der Waals surface area (Å²) in [5.41, 5.74) is 2.15. The largest absolute Gasteiger partial charge is 0.393 e. The summed E-state index contributed by atoms with van der Waals surface area (Å²) in [4.78, 5) is 0. The highest BCUT2D eigenvalue weighted by Gasteiger charge is 2.09. The van der Waals surface area contributed by atoms with Crippen LogP contribution < -0.4 is 0 Å². The first-order valence-electron chi connectivity index (χ1n) is 6.31. The Hall–Kier alpha value is -1.19. The van der Waals surface area contributed by atoms with Crippen molar-refractivity contribution in [2.75, 3.05) is 0 Å². The van der Waals surface area contributed by atoms with Gasteiger partial charge in [0, 0.05) is 4.47 Å². The van der Waals surface area contributed by atoms with Gasteiger partial charge in [-0.1, -0.05) is 52.3 Å². The van der Waals surface area contributed by atoms with Crippen molar-refractivity contribution >= 4 is 15.9 Å². The average molecular weight is 323 g/mol. The van der Waals surface area contributed by atoms with Crippen molar-refractivity contribution in [1.82, 2.24) is 0 Å². The first-order chi connectivity index (χ1) is 9.15. The third kappa shape index (κ3) is 4.44. The van der Waals surface area contributed by atoms with Gasteiger partial charge in [0.25, 0.3) is 0 Å². The summed E-state index contributed by atoms with van der Waals surface area (Å²) in [6.07, 6.45) is 1.67. The number of aliphatic hydroxyl groups excluding tert-OH is 1. The molecule has 1 nitrogen and oxygen atoms in total. The van der Waals surface area contributed by atoms with Crippen molar-refractivity contribution in [2.45, 2.75) is 25.4 Å². The van der Waals surface area contributed by atoms with Crippen LogP contribution in [0.4, 0.5) is 4.39 Å². The first-order valence-corrected chi connectivity index (χ1v) is 7.10. The van der Waals surface area contributed by atoms with Crippen LogP contribution in [0, 0.1) is 5.82 Å². The van der Waals surface area contributed by atoms with Crippen LogP contribution in [0.1, 0.15) is 17.5 Å². The number of hydrogen-bond donors (Lipinski definition) is 1. The van der Waals surface area contributed by atoms with E-state index in [1.165, 1.54) is 17.7 Å². The van der Waals surface area contributed by atoms with Gasteiger partial charge in [-0.15, -0.1) is 0 Å². The number of benzene rings is 2. The van der Waals surface area contributed by atoms with E-state index in [2.05, 4.69) is 28.1 Å². The van der Waals surface area contributed by atoms with Crippen molar-refractivity contribution < 1.29 is 9.50 Å². The fourth-order valence-electron chi connectivity index (χ4n) is 2.02. The van der Waals surface area contributed by atoms with Crippen molar-refractivity contribution in [2.24, 2.45) is 0 Å². The third-order valence-electron chi connectivity index (χ3n) is 3.08. The Morgan fingerprint density at radius 2 is 1.84 bits per heavy atom. The zero-order chi connectivity index (χ0) is 13.7. The van der Waals surface area contributed by atoms with E-state index in [-0.39, 0.29) is 5.82 Å². The van der Waals surface area contributed by atoms with E-state index in [9.17, 15) is 9.50 Å². The maximum atomic E-state index is 13.0. The molecule has 100 valence electrons. The standard InChI is InChI=1S/C16H16BrFO/c17-16-11-14(18)8-7-13(16)10-15(19)9-6-12-4-2-1-3-5-12/h1-5,7-8,11,15,19H,6,9-10H2. The molecule has 0 aliphatic carbocycles. The van der Waals surface area contributed by atoms with E-state index in [1.54, 1.807) is 6.07 Å². The maximum absolute atomic E-state index is 13.0. The van der Waals surface area contributed by atoms with E-state index in [1.807, 2.05) is 18.2 Å². The normalized spacial score (nSPS) is 12.4. The lowest BCUT2D eigenvalue weighted by Gasteiger charge is -2.12. The number of aliphatic hydroxyl groups is 1. The predicted octanol–water partition coefficient (Wildman–Crippen LogP) is 4.12. The van der Waals surface area contributed by atoms with Crippen LogP contribution in [0.25, 0.3) is 0 Å². The molecule has 2 aromatic rings. The highest BCUT2D eigenvalue weighted by atomic mass is 79.9. The molecule has 19 heavy (non-hydrogen) atoms. The van der Waals surface area contributed by atoms with Crippen LogP contribution in [-0.4, -0.2) is 11.2 Å². The Labute approximate surface area is 121 Å². The second-order valence-corrected chi connectivity index (χ2v) is 5.47. The van der Waals surface area contributed by atoms with Crippen molar-refractivity contribution in [1.29, 1.82) is 0 Å². The number of rotatable bonds is 5. The lowest BCUT2D eigenvalue weighted by atomic mass is 10.0. The highest BCUT2D eigenvalue weighted by Crippen LogP contribution is 2.20. The van der Waals surface area contributed by atoms with Crippen LogP contribution in [0.15, 0.2) is 53.0 Å². The molecule has 1 N–H and O–H groups in total. The Morgan fingerprint density at radius 3 is 2.53 bits per heavy atom. The molecule has 2 aromatic carbocycles. The lowest BCUT2D eigenvalue weighted by Crippen LogP contribution is -2.12. The van der Waals surface area contributed by atoms with Crippen LogP contribution >= 0.6 is 15.9 Å². The van der Waals surface area contributed by atoms with E-state index in [0.29, 0.717) is 17.3 Å². The van der Waals surface area contributed by atoms with Crippen molar-refractivity contribution in [3.05, 3.63) is 69.9 Å². The molecule has 2 rings (SSSR count). The zero-order valence-electron chi connectivity index (χ0n) is 10.5. The summed E-state index contributed by atoms with van der Waals surface area (Å²) >= 11 is 3.32. The van der Waals surface area contributed by atoms with Gasteiger partial charge >= 0.3 is 0 Å². The first kappa shape index (κ1) is 14.2. The summed E-state index contributed by atoms with van der Waals surface area (Å²) < 4.78 is 13.7. The molecule has 3 heteroatoms. The van der Waals surface area contributed by atoms with Gasteiger partial charge in [0.15, 0.2) is 0 Å². The molecule has 1 atom stereocenters. The van der Waals surface area contributed by atoms with Gasteiger partial charge in [-0.05, 0) is 42.5 Å². The van der Waals surface area contributed by atoms with Crippen molar-refractivity contribution in [3.63, 3.8) is 0 Å². The van der Waals surface area contributed by atoms with Crippen LogP contribution in [-0.2, 0) is 12.8 Å². The molecule has 0 aliphatic rings. The van der Waals surface area contributed by atoms with Crippen LogP contribution in [0.2, 0.25) is 0 Å². The van der Waals surface area contributed by atoms with Gasteiger partial charge < -0.3 is 5.11 Å². The topological polar surface area (TPSA) is 20.2 Å². The van der Waals surface area contributed by atoms with Gasteiger partial charge in [-0.25, -0.2) is 4.39 Å². The molecule has 0 saturated heterocycles. The quantitative estimate of drug-likeness (QED) is 0.877. The Balaban J connectivity index is 1.89. The average Bonchev–Trinajstić information content (AvgIpc) is 2.41. The molecule has 0 saturated carbocycles. The summed E-state index contributed by atoms with van der Waals surface area (Å²) in [5.74, 6) is -0.269. The van der Waals surface area contributed by atoms with Crippen LogP contribution in [0.5, 0.6) is 0 Å². The Bertz CT molecular complexity index is 528. The van der Waals surface area contributed by atoms with Gasteiger partial charge in [-0.3, -0.25) is 0 Å². The molecular formula is C16H16BrFO. The number of halogens is 2. The fraction of sp³-hybridized carbons (Fsp3) is 0.250. The minimum Gasteiger partial charge on any atom is -0.393 e. The second kappa shape index (κ2) is 6.83. The molecule has 0 bridgehead atoms. The monoisotopic (exact) mass is 322 g/mol. The van der Waals surface area contributed by atoms with E-state index in [4.69, 9.17) is 0 Å². The van der Waals surface area contributed by atoms with Gasteiger partial charge in [-0.2, -0.15) is 0 Å². The maximum Gasteiger partial charge on any atom is 0.124 e. The predicted molar refractivity (Wildman–Crippen MR) is 78.6 cm³/mol. The smallest absolute Gasteiger partial charge is 0.124 e. The van der Waals surface area contributed by atoms with E-state index in [0.717, 1.165) is 12.0 Å². The molecular weight excluding hydrogens is 307 g/mol. The van der Waals surface area contributed by atoms with Gasteiger partial charge in [0.05, 0.1) is 6.10 Å². The lowest BCUT2D eigenvalue weighted by molar-refractivity contribution is 0.165. The minimum atomic E-state index is -0.415. The Morgan fingerprint density at radius 1 is 1.11 bits per heavy atom. The van der Waals surface area contributed by atoms with Crippen LogP contribution in [0.3, 0.4) is 0 Å². The number of aryl methyl sites for hydroxylation is 1. The van der Waals surface area contributed by atoms with E-state index < -0.39 is 6.10 Å². The van der Waals surface area contributed by atoms with Crippen molar-refractivity contribution in [3.8, 4) is 0 Å². The molecule has 0 fully saturated rings. The summed E-state index contributed by atoms with van der Waals surface area (Å²) in [6.45, 7) is 0. The molecule has 0 radical (unpaired) electrons. The SMILES string of the molecule is OC(CCc1ccccc1)Cc1ccc(F)cc1Br. The highest BCUT2D eigenvalue weighted by molar-refractivity contribution is 9.10.